The third kappa shape index (κ3) is 1.56. The number of benzene rings is 2. The van der Waals surface area contributed by atoms with Gasteiger partial charge in [-0.15, -0.1) is 0 Å². The van der Waals surface area contributed by atoms with Gasteiger partial charge in [-0.05, 0) is 19.1 Å². The van der Waals surface area contributed by atoms with Crippen molar-refractivity contribution in [2.24, 2.45) is 0 Å². The van der Waals surface area contributed by atoms with Crippen LogP contribution in [0.1, 0.15) is 22.8 Å². The monoisotopic (exact) mass is 278 g/mol. The van der Waals surface area contributed by atoms with Crippen molar-refractivity contribution < 1.29 is 9.90 Å². The van der Waals surface area contributed by atoms with Gasteiger partial charge >= 0.3 is 0 Å². The van der Waals surface area contributed by atoms with Crippen LogP contribution >= 0.6 is 0 Å². The van der Waals surface area contributed by atoms with Gasteiger partial charge in [-0.2, -0.15) is 0 Å². The molecule has 0 radical (unpaired) electrons. The van der Waals surface area contributed by atoms with E-state index in [1.165, 1.54) is 6.92 Å². The zero-order valence-electron chi connectivity index (χ0n) is 11.5. The molecule has 0 amide bonds. The van der Waals surface area contributed by atoms with Crippen molar-refractivity contribution in [2.45, 2.75) is 12.5 Å². The molecule has 1 aliphatic carbocycles. The summed E-state index contributed by atoms with van der Waals surface area (Å²) in [4.78, 5) is 12.6. The highest BCUT2D eigenvalue weighted by atomic mass is 16.3. The molecule has 2 aliphatic rings. The van der Waals surface area contributed by atoms with Gasteiger partial charge in [0.2, 0.25) is 5.78 Å². The van der Waals surface area contributed by atoms with Crippen LogP contribution in [0.2, 0.25) is 0 Å². The molecule has 2 aromatic carbocycles. The second-order valence-corrected chi connectivity index (χ2v) is 5.49. The summed E-state index contributed by atoms with van der Waals surface area (Å²) in [5, 5.41) is 17.2. The quantitative estimate of drug-likeness (QED) is 0.693. The van der Waals surface area contributed by atoms with Crippen LogP contribution in [0.15, 0.2) is 54.2 Å². The molecule has 4 heteroatoms. The Balaban J connectivity index is 1.98. The molecule has 1 atom stereocenters. The fraction of sp³-hybridized carbons (Fsp3) is 0.118. The molecule has 2 aromatic rings. The van der Waals surface area contributed by atoms with Gasteiger partial charge in [0.05, 0.1) is 22.8 Å². The van der Waals surface area contributed by atoms with Gasteiger partial charge in [-0.3, -0.25) is 4.79 Å². The number of aliphatic hydroxyl groups is 1. The number of fused-ring (bicyclic) bond motifs is 3. The zero-order valence-corrected chi connectivity index (χ0v) is 11.5. The van der Waals surface area contributed by atoms with E-state index in [2.05, 4.69) is 10.6 Å². The average Bonchev–Trinajstić information content (AvgIpc) is 2.52. The first-order chi connectivity index (χ1) is 10.1. The summed E-state index contributed by atoms with van der Waals surface area (Å²) in [6, 6.07) is 15.1. The molecule has 0 bridgehead atoms. The van der Waals surface area contributed by atoms with Gasteiger partial charge in [-0.25, -0.2) is 0 Å². The summed E-state index contributed by atoms with van der Waals surface area (Å²) >= 11 is 0. The van der Waals surface area contributed by atoms with E-state index < -0.39 is 5.60 Å². The third-order valence-corrected chi connectivity index (χ3v) is 4.07. The smallest absolute Gasteiger partial charge is 0.200 e. The Labute approximate surface area is 122 Å². The van der Waals surface area contributed by atoms with Crippen molar-refractivity contribution in [3.8, 4) is 0 Å². The summed E-state index contributed by atoms with van der Waals surface area (Å²) in [7, 11) is 0. The van der Waals surface area contributed by atoms with Crippen molar-refractivity contribution >= 4 is 22.9 Å². The van der Waals surface area contributed by atoms with E-state index in [1.807, 2.05) is 42.5 Å². The van der Waals surface area contributed by atoms with Crippen molar-refractivity contribution in [1.82, 2.24) is 0 Å². The van der Waals surface area contributed by atoms with Gasteiger partial charge in [0.25, 0.3) is 0 Å². The Morgan fingerprint density at radius 1 is 0.905 bits per heavy atom. The Hall–Kier alpha value is -2.59. The number of carbonyl (C=O) groups excluding carboxylic acids is 1. The lowest BCUT2D eigenvalue weighted by Crippen LogP contribution is -2.45. The molecular formula is C17H14N2O2. The Morgan fingerprint density at radius 3 is 2.19 bits per heavy atom. The number of Topliss-reactive ketones (excluding diaryl/α,β-unsaturated/α-hetero) is 1. The highest BCUT2D eigenvalue weighted by Crippen LogP contribution is 2.42. The number of nitrogens with one attached hydrogen (secondary N) is 2. The molecule has 0 saturated heterocycles. The maximum atomic E-state index is 12.6. The van der Waals surface area contributed by atoms with E-state index in [4.69, 9.17) is 0 Å². The van der Waals surface area contributed by atoms with Crippen molar-refractivity contribution in [3.05, 3.63) is 65.4 Å². The SMILES string of the molecule is C[C@@]1(O)C(=O)c2ccccc2C2=C1Nc1ccccc1N2. The van der Waals surface area contributed by atoms with E-state index >= 15 is 0 Å². The molecule has 3 N–H and O–H groups in total. The first-order valence-corrected chi connectivity index (χ1v) is 6.83. The minimum absolute atomic E-state index is 0.287. The topological polar surface area (TPSA) is 61.4 Å². The summed E-state index contributed by atoms with van der Waals surface area (Å²) < 4.78 is 0. The van der Waals surface area contributed by atoms with Crippen molar-refractivity contribution in [2.75, 3.05) is 10.6 Å². The largest absolute Gasteiger partial charge is 0.376 e. The van der Waals surface area contributed by atoms with Gasteiger partial charge in [0, 0.05) is 11.1 Å². The average molecular weight is 278 g/mol. The van der Waals surface area contributed by atoms with Gasteiger partial charge in [0.1, 0.15) is 0 Å². The van der Waals surface area contributed by atoms with Crippen LogP contribution in [0.5, 0.6) is 0 Å². The molecular weight excluding hydrogens is 264 g/mol. The molecule has 0 fully saturated rings. The summed E-state index contributed by atoms with van der Waals surface area (Å²) in [5.74, 6) is -0.287. The number of anilines is 2. The molecule has 4 rings (SSSR count). The third-order valence-electron chi connectivity index (χ3n) is 4.07. The number of hydrogen-bond acceptors (Lipinski definition) is 4. The summed E-state index contributed by atoms with van der Waals surface area (Å²) in [6.07, 6.45) is 0. The van der Waals surface area contributed by atoms with Crippen LogP contribution in [0, 0.1) is 0 Å². The minimum atomic E-state index is -1.57. The lowest BCUT2D eigenvalue weighted by Gasteiger charge is -2.37. The predicted molar refractivity (Wildman–Crippen MR) is 82.0 cm³/mol. The van der Waals surface area contributed by atoms with Gasteiger partial charge < -0.3 is 15.7 Å². The maximum Gasteiger partial charge on any atom is 0.200 e. The molecule has 0 unspecified atom stereocenters. The second-order valence-electron chi connectivity index (χ2n) is 5.49. The molecule has 21 heavy (non-hydrogen) atoms. The van der Waals surface area contributed by atoms with Crippen LogP contribution in [0.3, 0.4) is 0 Å². The van der Waals surface area contributed by atoms with Crippen LogP contribution in [-0.4, -0.2) is 16.5 Å². The lowest BCUT2D eigenvalue weighted by molar-refractivity contribution is 0.0551. The lowest BCUT2D eigenvalue weighted by atomic mass is 9.80. The first kappa shape index (κ1) is 12.2. The molecule has 0 spiro atoms. The highest BCUT2D eigenvalue weighted by molar-refractivity contribution is 6.14. The normalized spacial score (nSPS) is 22.7. The Kier molecular flexibility index (Phi) is 2.30. The van der Waals surface area contributed by atoms with E-state index in [0.717, 1.165) is 22.6 Å². The van der Waals surface area contributed by atoms with E-state index in [9.17, 15) is 9.90 Å². The summed E-state index contributed by atoms with van der Waals surface area (Å²) in [6.45, 7) is 1.53. The standard InChI is InChI=1S/C17H14N2O2/c1-17(21)15-14(10-6-2-3-7-11(10)16(17)20)18-12-8-4-5-9-13(12)19-15/h2-9,18-19,21H,1H3/t17-/m0/s1. The van der Waals surface area contributed by atoms with Crippen LogP contribution in [-0.2, 0) is 0 Å². The number of hydrogen-bond donors (Lipinski definition) is 3. The summed E-state index contributed by atoms with van der Waals surface area (Å²) in [5.41, 5.74) is 2.82. The fourth-order valence-corrected chi connectivity index (χ4v) is 2.94. The molecule has 1 aliphatic heterocycles. The molecule has 104 valence electrons. The van der Waals surface area contributed by atoms with Crippen LogP contribution in [0.25, 0.3) is 5.70 Å². The number of ketones is 1. The zero-order chi connectivity index (χ0) is 14.6. The highest BCUT2D eigenvalue weighted by Gasteiger charge is 2.44. The molecule has 4 nitrogen and oxygen atoms in total. The number of rotatable bonds is 0. The number of carbonyl (C=O) groups is 1. The van der Waals surface area contributed by atoms with Crippen LogP contribution < -0.4 is 10.6 Å². The molecule has 0 saturated carbocycles. The maximum absolute atomic E-state index is 12.6. The molecule has 0 aromatic heterocycles. The fourth-order valence-electron chi connectivity index (χ4n) is 2.94. The first-order valence-electron chi connectivity index (χ1n) is 6.83. The van der Waals surface area contributed by atoms with Crippen molar-refractivity contribution in [3.63, 3.8) is 0 Å². The number of para-hydroxylation sites is 2. The predicted octanol–water partition coefficient (Wildman–Crippen LogP) is 2.84. The van der Waals surface area contributed by atoms with Crippen LogP contribution in [0.4, 0.5) is 11.4 Å². The molecule has 1 heterocycles. The Morgan fingerprint density at radius 2 is 1.48 bits per heavy atom. The van der Waals surface area contributed by atoms with Crippen molar-refractivity contribution in [1.29, 1.82) is 0 Å². The van der Waals surface area contributed by atoms with E-state index in [0.29, 0.717) is 11.3 Å². The van der Waals surface area contributed by atoms with Gasteiger partial charge in [-0.1, -0.05) is 36.4 Å². The minimum Gasteiger partial charge on any atom is -0.376 e. The van der Waals surface area contributed by atoms with E-state index in [-0.39, 0.29) is 5.78 Å². The Bertz CT molecular complexity index is 806. The second kappa shape index (κ2) is 3.96. The van der Waals surface area contributed by atoms with Gasteiger partial charge in [0.15, 0.2) is 5.60 Å². The van der Waals surface area contributed by atoms with E-state index in [1.54, 1.807) is 6.07 Å².